The molecule has 0 heterocycles. The van der Waals surface area contributed by atoms with Gasteiger partial charge in [-0.2, -0.15) is 0 Å². The van der Waals surface area contributed by atoms with Crippen molar-refractivity contribution in [3.8, 4) is 0 Å². The molecule has 0 bridgehead atoms. The van der Waals surface area contributed by atoms with Crippen molar-refractivity contribution < 1.29 is 29.0 Å². The highest BCUT2D eigenvalue weighted by Crippen LogP contribution is 2.28. The highest BCUT2D eigenvalue weighted by molar-refractivity contribution is 6.23. The number of carboxylic acids is 1. The van der Waals surface area contributed by atoms with Crippen molar-refractivity contribution in [2.75, 3.05) is 14.2 Å². The summed E-state index contributed by atoms with van der Waals surface area (Å²) in [6, 6.07) is 7.07. The molecule has 0 radical (unpaired) electrons. The molecule has 6 heteroatoms. The molecule has 0 aliphatic heterocycles. The number of Topliss-reactive ketones (excluding diaryl/α,β-unsaturated/α-hetero) is 2. The Balaban J connectivity index is 2.44. The highest BCUT2D eigenvalue weighted by Gasteiger charge is 2.34. The summed E-state index contributed by atoms with van der Waals surface area (Å²) >= 11 is 0. The van der Waals surface area contributed by atoms with Gasteiger partial charge in [0.2, 0.25) is 23.1 Å². The van der Waals surface area contributed by atoms with Gasteiger partial charge in [-0.05, 0) is 24.1 Å². The van der Waals surface area contributed by atoms with E-state index in [9.17, 15) is 14.4 Å². The normalized spacial score (nSPS) is 15.2. The van der Waals surface area contributed by atoms with Crippen LogP contribution in [0, 0.1) is 0 Å². The van der Waals surface area contributed by atoms with Crippen molar-refractivity contribution in [1.29, 1.82) is 0 Å². The van der Waals surface area contributed by atoms with Crippen LogP contribution in [-0.2, 0) is 30.3 Å². The molecular formula is C19H18O6. The summed E-state index contributed by atoms with van der Waals surface area (Å²) in [7, 11) is 2.62. The number of benzene rings is 1. The Kier molecular flexibility index (Phi) is 5.54. The Hall–Kier alpha value is -3.15. The minimum Gasteiger partial charge on any atom is -0.489 e. The number of rotatable bonds is 6. The first-order valence-corrected chi connectivity index (χ1v) is 7.51. The topological polar surface area (TPSA) is 89.9 Å². The zero-order chi connectivity index (χ0) is 18.6. The van der Waals surface area contributed by atoms with E-state index in [1.807, 2.05) is 0 Å². The second-order valence-corrected chi connectivity index (χ2v) is 5.38. The van der Waals surface area contributed by atoms with Gasteiger partial charge in [0.25, 0.3) is 0 Å². The molecule has 0 unspecified atom stereocenters. The van der Waals surface area contributed by atoms with E-state index >= 15 is 0 Å². The largest absolute Gasteiger partial charge is 0.489 e. The molecule has 0 saturated carbocycles. The fraction of sp³-hybridized carbons (Fsp3) is 0.211. The van der Waals surface area contributed by atoms with Crippen LogP contribution in [0.4, 0.5) is 0 Å². The highest BCUT2D eigenvalue weighted by atomic mass is 16.5. The first kappa shape index (κ1) is 18.2. The van der Waals surface area contributed by atoms with Crippen LogP contribution in [-0.4, -0.2) is 36.9 Å². The predicted molar refractivity (Wildman–Crippen MR) is 90.6 cm³/mol. The van der Waals surface area contributed by atoms with Gasteiger partial charge in [0.05, 0.1) is 14.2 Å². The van der Waals surface area contributed by atoms with E-state index in [1.54, 1.807) is 31.2 Å². The lowest BCUT2D eigenvalue weighted by Crippen LogP contribution is -2.26. The molecule has 1 aromatic carbocycles. The van der Waals surface area contributed by atoms with Crippen molar-refractivity contribution in [2.45, 2.75) is 13.3 Å². The van der Waals surface area contributed by atoms with Crippen molar-refractivity contribution in [3.05, 3.63) is 64.1 Å². The maximum Gasteiger partial charge on any atom is 0.328 e. The zero-order valence-corrected chi connectivity index (χ0v) is 14.2. The molecule has 6 nitrogen and oxygen atoms in total. The number of hydrogen-bond donors (Lipinski definition) is 1. The van der Waals surface area contributed by atoms with Gasteiger partial charge < -0.3 is 14.6 Å². The SMILES string of the molecule is COC1=C(OC)C(=O)C(Cc2ccccc2/C=C/C(=O)O)=C(C)C1=O. The van der Waals surface area contributed by atoms with Crippen LogP contribution in [0.2, 0.25) is 0 Å². The first-order valence-electron chi connectivity index (χ1n) is 7.51. The zero-order valence-electron chi connectivity index (χ0n) is 14.2. The number of hydrogen-bond acceptors (Lipinski definition) is 5. The van der Waals surface area contributed by atoms with Crippen LogP contribution in [0.1, 0.15) is 18.1 Å². The van der Waals surface area contributed by atoms with Gasteiger partial charge in [-0.25, -0.2) is 4.79 Å². The van der Waals surface area contributed by atoms with E-state index in [1.165, 1.54) is 20.3 Å². The van der Waals surface area contributed by atoms with Crippen LogP contribution < -0.4 is 0 Å². The van der Waals surface area contributed by atoms with Gasteiger partial charge in [-0.1, -0.05) is 24.3 Å². The number of carboxylic acid groups (broad SMARTS) is 1. The number of allylic oxidation sites excluding steroid dienone is 2. The van der Waals surface area contributed by atoms with E-state index in [0.717, 1.165) is 11.6 Å². The summed E-state index contributed by atoms with van der Waals surface area (Å²) in [4.78, 5) is 35.8. The Morgan fingerprint density at radius 1 is 1.08 bits per heavy atom. The predicted octanol–water partition coefficient (Wildman–Crippen LogP) is 2.30. The molecule has 0 atom stereocenters. The van der Waals surface area contributed by atoms with Gasteiger partial charge in [0.1, 0.15) is 0 Å². The summed E-state index contributed by atoms with van der Waals surface area (Å²) in [6.07, 6.45) is 2.66. The maximum atomic E-state index is 12.7. The van der Waals surface area contributed by atoms with Gasteiger partial charge in [0, 0.05) is 23.6 Å². The molecule has 1 N–H and O–H groups in total. The van der Waals surface area contributed by atoms with E-state index in [-0.39, 0.29) is 17.9 Å². The van der Waals surface area contributed by atoms with Crippen LogP contribution in [0.15, 0.2) is 53.0 Å². The minimum atomic E-state index is -1.07. The Morgan fingerprint density at radius 2 is 1.68 bits per heavy atom. The Labute approximate surface area is 145 Å². The molecule has 130 valence electrons. The molecule has 0 spiro atoms. The summed E-state index contributed by atoms with van der Waals surface area (Å²) in [6.45, 7) is 1.57. The number of methoxy groups -OCH3 is 2. The van der Waals surface area contributed by atoms with Gasteiger partial charge in [0.15, 0.2) is 0 Å². The van der Waals surface area contributed by atoms with Crippen molar-refractivity contribution in [3.63, 3.8) is 0 Å². The lowest BCUT2D eigenvalue weighted by atomic mass is 9.87. The number of carbonyl (C=O) groups is 3. The van der Waals surface area contributed by atoms with E-state index in [2.05, 4.69) is 0 Å². The number of carbonyl (C=O) groups excluding carboxylic acids is 2. The van der Waals surface area contributed by atoms with Crippen LogP contribution in [0.25, 0.3) is 6.08 Å². The smallest absolute Gasteiger partial charge is 0.328 e. The molecule has 0 saturated heterocycles. The van der Waals surface area contributed by atoms with Crippen molar-refractivity contribution in [2.24, 2.45) is 0 Å². The van der Waals surface area contributed by atoms with E-state index in [4.69, 9.17) is 14.6 Å². The van der Waals surface area contributed by atoms with Gasteiger partial charge >= 0.3 is 5.97 Å². The van der Waals surface area contributed by atoms with Gasteiger partial charge in [-0.3, -0.25) is 9.59 Å². The Morgan fingerprint density at radius 3 is 2.28 bits per heavy atom. The third-order valence-electron chi connectivity index (χ3n) is 3.92. The summed E-state index contributed by atoms with van der Waals surface area (Å²) in [5, 5.41) is 8.80. The van der Waals surface area contributed by atoms with Crippen LogP contribution in [0.3, 0.4) is 0 Å². The Bertz CT molecular complexity index is 826. The molecule has 2 rings (SSSR count). The van der Waals surface area contributed by atoms with E-state index in [0.29, 0.717) is 16.7 Å². The second-order valence-electron chi connectivity index (χ2n) is 5.38. The number of aliphatic carboxylic acids is 1. The number of ketones is 2. The fourth-order valence-corrected chi connectivity index (χ4v) is 2.61. The summed E-state index contributed by atoms with van der Waals surface area (Å²) < 4.78 is 10.1. The minimum absolute atomic E-state index is 0.104. The van der Waals surface area contributed by atoms with E-state index < -0.39 is 17.5 Å². The summed E-state index contributed by atoms with van der Waals surface area (Å²) in [5.41, 5.74) is 1.98. The van der Waals surface area contributed by atoms with Gasteiger partial charge in [-0.15, -0.1) is 0 Å². The van der Waals surface area contributed by atoms with Crippen LogP contribution >= 0.6 is 0 Å². The molecule has 1 aromatic rings. The third-order valence-corrected chi connectivity index (χ3v) is 3.92. The monoisotopic (exact) mass is 342 g/mol. The standard InChI is InChI=1S/C19H18O6/c1-11-14(17(23)19(25-3)18(24-2)16(11)22)10-13-7-5-4-6-12(13)8-9-15(20)21/h4-9H,10H2,1-3H3,(H,20,21)/b9-8+. The average molecular weight is 342 g/mol. The van der Waals surface area contributed by atoms with Crippen LogP contribution in [0.5, 0.6) is 0 Å². The molecule has 25 heavy (non-hydrogen) atoms. The quantitative estimate of drug-likeness (QED) is 0.630. The maximum absolute atomic E-state index is 12.7. The average Bonchev–Trinajstić information content (AvgIpc) is 2.60. The molecule has 1 aliphatic rings. The molecule has 0 aromatic heterocycles. The lowest BCUT2D eigenvalue weighted by molar-refractivity contribution is -0.131. The fourth-order valence-electron chi connectivity index (χ4n) is 2.61. The molecule has 0 fully saturated rings. The molecule has 1 aliphatic carbocycles. The first-order chi connectivity index (χ1) is 11.9. The van der Waals surface area contributed by atoms with Crippen molar-refractivity contribution >= 4 is 23.6 Å². The third kappa shape index (κ3) is 3.68. The summed E-state index contributed by atoms with van der Waals surface area (Å²) in [5.74, 6) is -2.09. The number of ether oxygens (including phenoxy) is 2. The molecular weight excluding hydrogens is 324 g/mol. The van der Waals surface area contributed by atoms with Crippen molar-refractivity contribution in [1.82, 2.24) is 0 Å². The molecule has 0 amide bonds. The second kappa shape index (κ2) is 7.61. The lowest BCUT2D eigenvalue weighted by Gasteiger charge is -2.20.